The zero-order chi connectivity index (χ0) is 28.1. The molecular formula is C26H20ClFN8O3S. The highest BCUT2D eigenvalue weighted by molar-refractivity contribution is 7.13. The summed E-state index contributed by atoms with van der Waals surface area (Å²) in [6, 6.07) is 13.1. The maximum absolute atomic E-state index is 12.9. The summed E-state index contributed by atoms with van der Waals surface area (Å²) in [4.78, 5) is 49.8. The molecule has 0 saturated carbocycles. The summed E-state index contributed by atoms with van der Waals surface area (Å²) in [5.41, 5.74) is 1.53. The summed E-state index contributed by atoms with van der Waals surface area (Å²) in [5.74, 6) is -1.18. The van der Waals surface area contributed by atoms with Crippen LogP contribution in [-0.4, -0.2) is 41.6 Å². The van der Waals surface area contributed by atoms with Gasteiger partial charge in [-0.1, -0.05) is 29.8 Å². The molecule has 6 rings (SSSR count). The smallest absolute Gasteiger partial charge is 0.287 e. The van der Waals surface area contributed by atoms with Crippen LogP contribution in [0.4, 0.5) is 10.2 Å². The first-order valence-corrected chi connectivity index (χ1v) is 13.0. The third kappa shape index (κ3) is 6.11. The molecule has 11 nitrogen and oxygen atoms in total. The second-order valence-electron chi connectivity index (χ2n) is 8.44. The molecule has 0 unspecified atom stereocenters. The molecule has 202 valence electrons. The fraction of sp³-hybridized carbons (Fsp3) is 0.115. The van der Waals surface area contributed by atoms with Crippen molar-refractivity contribution < 1.29 is 18.8 Å². The van der Waals surface area contributed by atoms with Crippen molar-refractivity contribution in [2.45, 2.75) is 19.6 Å². The molecule has 0 saturated heterocycles. The molecule has 4 heterocycles. The van der Waals surface area contributed by atoms with Gasteiger partial charge in [0.15, 0.2) is 5.82 Å². The molecule has 0 radical (unpaired) electrons. The summed E-state index contributed by atoms with van der Waals surface area (Å²) in [6.07, 6.45) is 4.58. The largest absolute Gasteiger partial charge is 0.349 e. The van der Waals surface area contributed by atoms with Crippen LogP contribution in [0.25, 0.3) is 10.1 Å². The van der Waals surface area contributed by atoms with Crippen molar-refractivity contribution in [3.63, 3.8) is 0 Å². The van der Waals surface area contributed by atoms with E-state index in [9.17, 15) is 18.8 Å². The van der Waals surface area contributed by atoms with Crippen molar-refractivity contribution in [2.75, 3.05) is 5.32 Å². The molecule has 0 aliphatic carbocycles. The van der Waals surface area contributed by atoms with Gasteiger partial charge in [-0.3, -0.25) is 14.4 Å². The monoisotopic (exact) mass is 578 g/mol. The topological polar surface area (TPSA) is 144 Å². The quantitative estimate of drug-likeness (QED) is 0.289. The second kappa shape index (κ2) is 12.0. The van der Waals surface area contributed by atoms with Crippen LogP contribution in [0.1, 0.15) is 32.4 Å². The highest BCUT2D eigenvalue weighted by Crippen LogP contribution is 2.25. The number of anilines is 1. The summed E-state index contributed by atoms with van der Waals surface area (Å²) in [6.45, 7) is 0.259. The van der Waals surface area contributed by atoms with Crippen molar-refractivity contribution >= 4 is 56.8 Å². The Bertz CT molecular complexity index is 1670. The van der Waals surface area contributed by atoms with Gasteiger partial charge in [0.05, 0.1) is 16.9 Å². The Balaban J connectivity index is 0.000000348. The molecule has 2 aromatic carbocycles. The number of aromatic nitrogens is 5. The Labute approximate surface area is 235 Å². The maximum atomic E-state index is 12.9. The first-order valence-electron chi connectivity index (χ1n) is 11.8. The van der Waals surface area contributed by atoms with Crippen molar-refractivity contribution in [3.8, 4) is 0 Å². The molecule has 0 bridgehead atoms. The lowest BCUT2D eigenvalue weighted by Crippen LogP contribution is -2.37. The Kier molecular flexibility index (Phi) is 8.03. The predicted octanol–water partition coefficient (Wildman–Crippen LogP) is 3.57. The minimum Gasteiger partial charge on any atom is -0.349 e. The van der Waals surface area contributed by atoms with E-state index in [2.05, 4.69) is 35.3 Å². The van der Waals surface area contributed by atoms with E-state index in [1.807, 2.05) is 24.3 Å². The highest BCUT2D eigenvalue weighted by atomic mass is 35.5. The predicted molar refractivity (Wildman–Crippen MR) is 146 cm³/mol. The standard InChI is InChI=1S/C20H16N8O3S.C6H4ClF/c29-15-9-28-13(8-23-15)17(25-18(28)20(31)24-7-11-5-21-10-22-6-11)26-19(30)16-12-3-1-2-4-14(12)32-27-16;7-5-1-3-6(8)4-2-5/h1-6,10H,7-9H2,(H,23,29)(H,24,31)(H,26,30);1-4H. The Morgan fingerprint density at radius 1 is 1.07 bits per heavy atom. The average Bonchev–Trinajstić information content (AvgIpc) is 3.56. The van der Waals surface area contributed by atoms with Crippen LogP contribution in [0.3, 0.4) is 0 Å². The van der Waals surface area contributed by atoms with Crippen LogP contribution in [0.2, 0.25) is 5.02 Å². The Morgan fingerprint density at radius 3 is 2.58 bits per heavy atom. The fourth-order valence-corrected chi connectivity index (χ4v) is 4.72. The van der Waals surface area contributed by atoms with Gasteiger partial charge in [0.25, 0.3) is 11.8 Å². The Morgan fingerprint density at radius 2 is 1.82 bits per heavy atom. The van der Waals surface area contributed by atoms with E-state index in [1.165, 1.54) is 46.7 Å². The van der Waals surface area contributed by atoms with Gasteiger partial charge in [-0.15, -0.1) is 0 Å². The first-order chi connectivity index (χ1) is 19.4. The number of nitrogens with zero attached hydrogens (tertiary/aromatic N) is 5. The molecule has 3 N–H and O–H groups in total. The fourth-order valence-electron chi connectivity index (χ4n) is 3.82. The van der Waals surface area contributed by atoms with Crippen molar-refractivity contribution in [2.24, 2.45) is 0 Å². The van der Waals surface area contributed by atoms with Gasteiger partial charge in [0.1, 0.15) is 24.4 Å². The minimum absolute atomic E-state index is 0.0325. The second-order valence-corrected chi connectivity index (χ2v) is 9.68. The molecule has 1 aliphatic rings. The number of fused-ring (bicyclic) bond motifs is 2. The maximum Gasteiger partial charge on any atom is 0.287 e. The number of amides is 3. The van der Waals surface area contributed by atoms with E-state index < -0.39 is 11.8 Å². The summed E-state index contributed by atoms with van der Waals surface area (Å²) in [5, 5.41) is 9.50. The SMILES string of the molecule is Fc1ccc(Cl)cc1.O=C1Cn2c(C(=O)NCc3cncnc3)nc(NC(=O)c3nsc4ccccc34)c2CN1. The van der Waals surface area contributed by atoms with E-state index in [1.54, 1.807) is 12.4 Å². The summed E-state index contributed by atoms with van der Waals surface area (Å²) < 4.78 is 18.7. The number of carbonyl (C=O) groups excluding carboxylic acids is 3. The molecule has 0 fully saturated rings. The molecular weight excluding hydrogens is 559 g/mol. The van der Waals surface area contributed by atoms with Crippen LogP contribution in [-0.2, 0) is 24.4 Å². The molecule has 40 heavy (non-hydrogen) atoms. The van der Waals surface area contributed by atoms with Crippen molar-refractivity contribution in [3.05, 3.63) is 101 Å². The lowest BCUT2D eigenvalue weighted by atomic mass is 10.2. The van der Waals surface area contributed by atoms with Gasteiger partial charge < -0.3 is 20.5 Å². The van der Waals surface area contributed by atoms with Crippen LogP contribution in [0.15, 0.2) is 67.3 Å². The van der Waals surface area contributed by atoms with Gasteiger partial charge in [0, 0.05) is 34.9 Å². The highest BCUT2D eigenvalue weighted by Gasteiger charge is 2.28. The number of carbonyl (C=O) groups is 3. The molecule has 3 aromatic heterocycles. The van der Waals surface area contributed by atoms with E-state index in [-0.39, 0.29) is 48.7 Å². The van der Waals surface area contributed by atoms with E-state index in [0.717, 1.165) is 10.1 Å². The third-order valence-electron chi connectivity index (χ3n) is 5.73. The van der Waals surface area contributed by atoms with Crippen LogP contribution in [0.5, 0.6) is 0 Å². The van der Waals surface area contributed by atoms with Crippen LogP contribution in [0, 0.1) is 5.82 Å². The van der Waals surface area contributed by atoms with Crippen LogP contribution >= 0.6 is 23.1 Å². The van der Waals surface area contributed by atoms with E-state index in [0.29, 0.717) is 16.3 Å². The third-order valence-corrected chi connectivity index (χ3v) is 6.80. The molecule has 5 aromatic rings. The van der Waals surface area contributed by atoms with Gasteiger partial charge in [-0.2, -0.15) is 4.37 Å². The molecule has 0 spiro atoms. The number of nitrogens with one attached hydrogen (secondary N) is 3. The number of halogens is 2. The molecule has 1 aliphatic heterocycles. The summed E-state index contributed by atoms with van der Waals surface area (Å²) >= 11 is 6.67. The lowest BCUT2D eigenvalue weighted by molar-refractivity contribution is -0.122. The normalized spacial score (nSPS) is 12.1. The Hall–Kier alpha value is -4.75. The van der Waals surface area contributed by atoms with Gasteiger partial charge in [0.2, 0.25) is 11.7 Å². The molecule has 14 heteroatoms. The van der Waals surface area contributed by atoms with E-state index in [4.69, 9.17) is 11.6 Å². The number of rotatable bonds is 5. The summed E-state index contributed by atoms with van der Waals surface area (Å²) in [7, 11) is 0. The number of hydrogen-bond donors (Lipinski definition) is 3. The van der Waals surface area contributed by atoms with Crippen molar-refractivity contribution in [1.82, 2.24) is 34.5 Å². The van der Waals surface area contributed by atoms with Gasteiger partial charge >= 0.3 is 0 Å². The zero-order valence-corrected chi connectivity index (χ0v) is 22.2. The zero-order valence-electron chi connectivity index (χ0n) is 20.6. The minimum atomic E-state index is -0.482. The number of benzene rings is 2. The van der Waals surface area contributed by atoms with Crippen molar-refractivity contribution in [1.29, 1.82) is 0 Å². The lowest BCUT2D eigenvalue weighted by Gasteiger charge is -2.17. The van der Waals surface area contributed by atoms with Gasteiger partial charge in [-0.25, -0.2) is 19.3 Å². The van der Waals surface area contributed by atoms with Crippen LogP contribution < -0.4 is 16.0 Å². The average molecular weight is 579 g/mol. The van der Waals surface area contributed by atoms with E-state index >= 15 is 0 Å². The first kappa shape index (κ1) is 26.8. The molecule has 0 atom stereocenters. The molecule has 3 amide bonds. The number of imidazole rings is 1. The number of hydrogen-bond acceptors (Lipinski definition) is 8. The van der Waals surface area contributed by atoms with Gasteiger partial charge in [-0.05, 0) is 41.9 Å².